The molecule has 3 heterocycles. The fourth-order valence-corrected chi connectivity index (χ4v) is 4.31. The molecule has 8 heteroatoms. The average molecular weight is 432 g/mol. The lowest BCUT2D eigenvalue weighted by Crippen LogP contribution is -2.46. The minimum Gasteiger partial charge on any atom is -0.354 e. The second-order valence-corrected chi connectivity index (χ2v) is 8.04. The number of amides is 2. The van der Waals surface area contributed by atoms with Crippen LogP contribution in [0.4, 0.5) is 0 Å². The molecule has 2 atom stereocenters. The number of hydrogen-bond donors (Lipinski definition) is 2. The largest absolute Gasteiger partial charge is 0.354 e. The Balaban J connectivity index is 0.00000256. The summed E-state index contributed by atoms with van der Waals surface area (Å²) >= 11 is 0. The van der Waals surface area contributed by atoms with Crippen molar-refractivity contribution in [1.82, 2.24) is 25.3 Å². The van der Waals surface area contributed by atoms with Crippen LogP contribution in [0.25, 0.3) is 5.69 Å². The minimum atomic E-state index is -0.0530. The van der Waals surface area contributed by atoms with E-state index >= 15 is 0 Å². The summed E-state index contributed by atoms with van der Waals surface area (Å²) in [7, 11) is 0. The SMILES string of the molecule is Cc1c(C(=O)N2CCCC(CNC(=O)C3CCCN3)C2)cnn1-c1ccccc1.Cl. The van der Waals surface area contributed by atoms with Crippen molar-refractivity contribution < 1.29 is 9.59 Å². The molecule has 2 unspecified atom stereocenters. The van der Waals surface area contributed by atoms with Gasteiger partial charge in [-0.15, -0.1) is 12.4 Å². The molecule has 0 bridgehead atoms. The zero-order valence-corrected chi connectivity index (χ0v) is 18.2. The van der Waals surface area contributed by atoms with E-state index in [4.69, 9.17) is 0 Å². The van der Waals surface area contributed by atoms with Crippen LogP contribution in [0, 0.1) is 12.8 Å². The molecule has 2 aliphatic heterocycles. The Labute approximate surface area is 183 Å². The molecule has 2 N–H and O–H groups in total. The Bertz CT molecular complexity index is 864. The highest BCUT2D eigenvalue weighted by atomic mass is 35.5. The van der Waals surface area contributed by atoms with Gasteiger partial charge in [-0.05, 0) is 57.2 Å². The van der Waals surface area contributed by atoms with Crippen LogP contribution in [0.2, 0.25) is 0 Å². The summed E-state index contributed by atoms with van der Waals surface area (Å²) in [6.45, 7) is 4.91. The third-order valence-electron chi connectivity index (χ3n) is 5.99. The first-order valence-corrected chi connectivity index (χ1v) is 10.5. The summed E-state index contributed by atoms with van der Waals surface area (Å²) in [5, 5.41) is 10.7. The Morgan fingerprint density at radius 2 is 2.00 bits per heavy atom. The number of hydrogen-bond acceptors (Lipinski definition) is 4. The molecule has 0 saturated carbocycles. The normalized spacial score (nSPS) is 21.2. The van der Waals surface area contributed by atoms with Gasteiger partial charge in [-0.1, -0.05) is 18.2 Å². The molecule has 2 amide bonds. The summed E-state index contributed by atoms with van der Waals surface area (Å²) in [5.74, 6) is 0.409. The van der Waals surface area contributed by atoms with Crippen molar-refractivity contribution in [3.8, 4) is 5.69 Å². The minimum absolute atomic E-state index is 0. The predicted molar refractivity (Wildman–Crippen MR) is 118 cm³/mol. The van der Waals surface area contributed by atoms with Crippen LogP contribution in [0.15, 0.2) is 36.5 Å². The van der Waals surface area contributed by atoms with Gasteiger partial charge >= 0.3 is 0 Å². The van der Waals surface area contributed by atoms with Crippen LogP contribution >= 0.6 is 12.4 Å². The second kappa shape index (κ2) is 10.1. The maximum Gasteiger partial charge on any atom is 0.257 e. The lowest BCUT2D eigenvalue weighted by Gasteiger charge is -2.33. The van der Waals surface area contributed by atoms with Gasteiger partial charge in [0, 0.05) is 19.6 Å². The maximum atomic E-state index is 13.1. The van der Waals surface area contributed by atoms with E-state index in [1.807, 2.05) is 46.8 Å². The molecular weight excluding hydrogens is 402 g/mol. The number of para-hydroxylation sites is 1. The summed E-state index contributed by atoms with van der Waals surface area (Å²) in [5.41, 5.74) is 2.45. The number of nitrogens with one attached hydrogen (secondary N) is 2. The average Bonchev–Trinajstić information content (AvgIpc) is 3.42. The van der Waals surface area contributed by atoms with Gasteiger partial charge in [0.2, 0.25) is 5.91 Å². The highest BCUT2D eigenvalue weighted by Gasteiger charge is 2.28. The van der Waals surface area contributed by atoms with Crippen LogP contribution in [0.5, 0.6) is 0 Å². The Kier molecular flexibility index (Phi) is 7.50. The number of nitrogens with zero attached hydrogens (tertiary/aromatic N) is 3. The Morgan fingerprint density at radius 3 is 2.73 bits per heavy atom. The van der Waals surface area contributed by atoms with E-state index in [0.29, 0.717) is 24.6 Å². The number of rotatable bonds is 5. The summed E-state index contributed by atoms with van der Waals surface area (Å²) in [6, 6.07) is 9.79. The lowest BCUT2D eigenvalue weighted by atomic mass is 9.97. The molecule has 2 saturated heterocycles. The van der Waals surface area contributed by atoms with Gasteiger partial charge in [-0.2, -0.15) is 5.10 Å². The van der Waals surface area contributed by atoms with Crippen LogP contribution < -0.4 is 10.6 Å². The molecule has 0 radical (unpaired) electrons. The highest BCUT2D eigenvalue weighted by molar-refractivity contribution is 5.95. The molecule has 162 valence electrons. The summed E-state index contributed by atoms with van der Waals surface area (Å²) in [4.78, 5) is 27.3. The molecule has 0 spiro atoms. The van der Waals surface area contributed by atoms with Gasteiger partial charge in [0.25, 0.3) is 5.91 Å². The Hall–Kier alpha value is -2.38. The van der Waals surface area contributed by atoms with Crippen LogP contribution in [0.3, 0.4) is 0 Å². The van der Waals surface area contributed by atoms with Gasteiger partial charge in [-0.25, -0.2) is 4.68 Å². The van der Waals surface area contributed by atoms with E-state index in [9.17, 15) is 9.59 Å². The van der Waals surface area contributed by atoms with Gasteiger partial charge in [0.1, 0.15) is 0 Å². The van der Waals surface area contributed by atoms with Gasteiger partial charge < -0.3 is 15.5 Å². The summed E-state index contributed by atoms with van der Waals surface area (Å²) < 4.78 is 1.81. The van der Waals surface area contributed by atoms with Crippen molar-refractivity contribution in [2.45, 2.75) is 38.6 Å². The van der Waals surface area contributed by atoms with Crippen molar-refractivity contribution in [3.05, 3.63) is 47.8 Å². The van der Waals surface area contributed by atoms with Crippen molar-refractivity contribution in [2.24, 2.45) is 5.92 Å². The number of halogens is 1. The van der Waals surface area contributed by atoms with Crippen molar-refractivity contribution in [3.63, 3.8) is 0 Å². The first kappa shape index (κ1) is 22.3. The van der Waals surface area contributed by atoms with E-state index in [0.717, 1.165) is 50.2 Å². The molecule has 0 aliphatic carbocycles. The number of aromatic nitrogens is 2. The number of benzene rings is 1. The lowest BCUT2D eigenvalue weighted by molar-refractivity contribution is -0.123. The van der Waals surface area contributed by atoms with Crippen LogP contribution in [-0.2, 0) is 4.79 Å². The number of piperidine rings is 1. The molecule has 2 aromatic rings. The topological polar surface area (TPSA) is 79.3 Å². The van der Waals surface area contributed by atoms with Crippen LogP contribution in [-0.4, -0.2) is 58.7 Å². The zero-order chi connectivity index (χ0) is 20.2. The predicted octanol–water partition coefficient (Wildman–Crippen LogP) is 2.32. The van der Waals surface area contributed by atoms with Gasteiger partial charge in [0.15, 0.2) is 0 Å². The smallest absolute Gasteiger partial charge is 0.257 e. The van der Waals surface area contributed by atoms with E-state index < -0.39 is 0 Å². The number of likely N-dealkylation sites (tertiary alicyclic amines) is 1. The molecule has 7 nitrogen and oxygen atoms in total. The quantitative estimate of drug-likeness (QED) is 0.761. The number of carbonyl (C=O) groups is 2. The van der Waals surface area contributed by atoms with E-state index in [2.05, 4.69) is 15.7 Å². The molecule has 4 rings (SSSR count). The van der Waals surface area contributed by atoms with E-state index in [1.54, 1.807) is 6.20 Å². The molecule has 1 aromatic heterocycles. The monoisotopic (exact) mass is 431 g/mol. The highest BCUT2D eigenvalue weighted by Crippen LogP contribution is 2.21. The zero-order valence-electron chi connectivity index (χ0n) is 17.3. The van der Waals surface area contributed by atoms with E-state index in [1.165, 1.54) is 0 Å². The summed E-state index contributed by atoms with van der Waals surface area (Å²) in [6.07, 6.45) is 5.62. The fraction of sp³-hybridized carbons (Fsp3) is 0.500. The fourth-order valence-electron chi connectivity index (χ4n) is 4.31. The maximum absolute atomic E-state index is 13.1. The van der Waals surface area contributed by atoms with Crippen LogP contribution in [0.1, 0.15) is 41.7 Å². The van der Waals surface area contributed by atoms with Crippen molar-refractivity contribution in [1.29, 1.82) is 0 Å². The number of carbonyl (C=O) groups excluding carboxylic acids is 2. The van der Waals surface area contributed by atoms with E-state index in [-0.39, 0.29) is 30.3 Å². The third kappa shape index (κ3) is 4.84. The van der Waals surface area contributed by atoms with Gasteiger partial charge in [0.05, 0.1) is 29.2 Å². The van der Waals surface area contributed by atoms with Gasteiger partial charge in [-0.3, -0.25) is 9.59 Å². The standard InChI is InChI=1S/C22H29N5O2.ClH/c1-16-19(14-25-27(16)18-8-3-2-4-9-18)22(29)26-12-6-7-17(15-26)13-24-21(28)20-10-5-11-23-20;/h2-4,8-9,14,17,20,23H,5-7,10-13,15H2,1H3,(H,24,28);1H. The molecule has 1 aromatic carbocycles. The molecular formula is C22H30ClN5O2. The Morgan fingerprint density at radius 1 is 1.20 bits per heavy atom. The third-order valence-corrected chi connectivity index (χ3v) is 5.99. The molecule has 2 fully saturated rings. The molecule has 2 aliphatic rings. The van der Waals surface area contributed by atoms with Crippen molar-refractivity contribution >= 4 is 24.2 Å². The second-order valence-electron chi connectivity index (χ2n) is 8.04. The molecule has 30 heavy (non-hydrogen) atoms. The first-order chi connectivity index (χ1) is 14.1. The first-order valence-electron chi connectivity index (χ1n) is 10.5. The van der Waals surface area contributed by atoms with Crippen molar-refractivity contribution in [2.75, 3.05) is 26.2 Å².